The van der Waals surface area contributed by atoms with Crippen LogP contribution in [0.15, 0.2) is 28.9 Å². The van der Waals surface area contributed by atoms with E-state index in [1.54, 1.807) is 37.2 Å². The minimum Gasteiger partial charge on any atom is -0.449 e. The largest absolute Gasteiger partial charge is 0.449 e. The highest BCUT2D eigenvalue weighted by atomic mass is 16.6. The van der Waals surface area contributed by atoms with E-state index in [1.165, 1.54) is 0 Å². The van der Waals surface area contributed by atoms with Crippen molar-refractivity contribution in [1.29, 1.82) is 0 Å². The normalized spacial score (nSPS) is 20.7. The molecule has 1 atom stereocenters. The lowest BCUT2D eigenvalue weighted by atomic mass is 9.91. The van der Waals surface area contributed by atoms with Crippen molar-refractivity contribution >= 4 is 23.0 Å². The molecule has 3 heterocycles. The zero-order chi connectivity index (χ0) is 20.6. The van der Waals surface area contributed by atoms with Crippen LogP contribution in [0.3, 0.4) is 0 Å². The Bertz CT molecular complexity index is 881. The van der Waals surface area contributed by atoms with Crippen LogP contribution >= 0.6 is 0 Å². The fourth-order valence-corrected chi connectivity index (χ4v) is 4.10. The number of nitrogens with zero attached hydrogens (tertiary/aromatic N) is 2. The molecule has 1 aliphatic carbocycles. The number of carbonyl (C=O) groups excluding carboxylic acids is 2. The fourth-order valence-electron chi connectivity index (χ4n) is 4.10. The number of aliphatic hydroxyl groups is 1. The summed E-state index contributed by atoms with van der Waals surface area (Å²) in [4.78, 5) is 30.4. The van der Waals surface area contributed by atoms with Crippen molar-refractivity contribution in [3.8, 4) is 0 Å². The van der Waals surface area contributed by atoms with Gasteiger partial charge in [0.25, 0.3) is 5.91 Å². The molecule has 2 aromatic heterocycles. The van der Waals surface area contributed by atoms with E-state index in [4.69, 9.17) is 9.15 Å². The number of fused-ring (bicyclic) bond motifs is 1. The quantitative estimate of drug-likeness (QED) is 0.798. The van der Waals surface area contributed by atoms with Crippen molar-refractivity contribution in [2.24, 2.45) is 11.3 Å². The maximum Gasteiger partial charge on any atom is 0.410 e. The molecule has 2 N–H and O–H groups in total. The Morgan fingerprint density at radius 2 is 2.17 bits per heavy atom. The third-order valence-corrected chi connectivity index (χ3v) is 6.18. The molecule has 2 aliphatic rings. The molecule has 0 aromatic carbocycles. The topological polar surface area (TPSA) is 105 Å². The van der Waals surface area contributed by atoms with Gasteiger partial charge in [-0.1, -0.05) is 0 Å². The molecule has 2 aromatic rings. The first-order chi connectivity index (χ1) is 13.8. The Kier molecular flexibility index (Phi) is 4.98. The molecule has 1 aliphatic heterocycles. The van der Waals surface area contributed by atoms with Gasteiger partial charge in [0, 0.05) is 31.2 Å². The standard InChI is InChI=1S/C21H27N3O5/c1-20(2,13-25)29-19(27)24-7-4-21(5-8-24)10-15(21)11-23-18(26)16-9-14-3-6-22-12-17(14)28-16/h3,6,9,12,15,25H,4-5,7-8,10-11,13H2,1-2H3,(H,23,26). The first-order valence-electron chi connectivity index (χ1n) is 10.0. The van der Waals surface area contributed by atoms with E-state index < -0.39 is 5.60 Å². The lowest BCUT2D eigenvalue weighted by molar-refractivity contribution is -0.0251. The van der Waals surface area contributed by atoms with Crippen LogP contribution in [0.2, 0.25) is 0 Å². The number of hydrogen-bond donors (Lipinski definition) is 2. The van der Waals surface area contributed by atoms with Crippen LogP contribution in [-0.4, -0.2) is 58.8 Å². The summed E-state index contributed by atoms with van der Waals surface area (Å²) in [5.74, 6) is 0.506. The zero-order valence-corrected chi connectivity index (χ0v) is 16.8. The second kappa shape index (κ2) is 7.33. The van der Waals surface area contributed by atoms with E-state index in [1.807, 2.05) is 6.07 Å². The smallest absolute Gasteiger partial charge is 0.410 e. The number of likely N-dealkylation sites (tertiary alicyclic amines) is 1. The van der Waals surface area contributed by atoms with Crippen molar-refractivity contribution in [1.82, 2.24) is 15.2 Å². The zero-order valence-electron chi connectivity index (χ0n) is 16.8. The van der Waals surface area contributed by atoms with Crippen LogP contribution in [0, 0.1) is 11.3 Å². The number of piperidine rings is 1. The summed E-state index contributed by atoms with van der Waals surface area (Å²) in [7, 11) is 0. The summed E-state index contributed by atoms with van der Waals surface area (Å²) >= 11 is 0. The first kappa shape index (κ1) is 19.7. The predicted molar refractivity (Wildman–Crippen MR) is 105 cm³/mol. The fraction of sp³-hybridized carbons (Fsp3) is 0.571. The molecule has 8 heteroatoms. The molecule has 8 nitrogen and oxygen atoms in total. The first-order valence-corrected chi connectivity index (χ1v) is 10.0. The molecule has 1 spiro atoms. The Labute approximate surface area is 169 Å². The molecule has 0 radical (unpaired) electrons. The van der Waals surface area contributed by atoms with Gasteiger partial charge in [-0.2, -0.15) is 0 Å². The van der Waals surface area contributed by atoms with Gasteiger partial charge in [-0.3, -0.25) is 9.78 Å². The molecule has 1 unspecified atom stereocenters. The minimum atomic E-state index is -0.870. The van der Waals surface area contributed by atoms with E-state index in [-0.39, 0.29) is 24.0 Å². The van der Waals surface area contributed by atoms with Gasteiger partial charge in [-0.15, -0.1) is 0 Å². The van der Waals surface area contributed by atoms with E-state index in [0.717, 1.165) is 24.6 Å². The van der Waals surface area contributed by atoms with Gasteiger partial charge in [0.15, 0.2) is 11.3 Å². The number of nitrogens with one attached hydrogen (secondary N) is 1. The molecule has 2 fully saturated rings. The number of rotatable bonds is 5. The molecular formula is C21H27N3O5. The van der Waals surface area contributed by atoms with Gasteiger partial charge >= 0.3 is 6.09 Å². The number of aromatic nitrogens is 1. The average Bonchev–Trinajstić information content (AvgIpc) is 3.18. The number of amides is 2. The number of furan rings is 1. The van der Waals surface area contributed by atoms with Crippen LogP contribution in [0.5, 0.6) is 0 Å². The van der Waals surface area contributed by atoms with E-state index in [9.17, 15) is 14.7 Å². The highest BCUT2D eigenvalue weighted by Gasteiger charge is 2.55. The lowest BCUT2D eigenvalue weighted by Gasteiger charge is -2.34. The number of ether oxygens (including phenoxy) is 1. The molecule has 1 saturated heterocycles. The molecule has 156 valence electrons. The summed E-state index contributed by atoms with van der Waals surface area (Å²) in [6, 6.07) is 3.54. The van der Waals surface area contributed by atoms with Gasteiger partial charge in [0.1, 0.15) is 5.60 Å². The minimum absolute atomic E-state index is 0.203. The maximum absolute atomic E-state index is 12.4. The molecule has 4 rings (SSSR count). The SMILES string of the molecule is CC(C)(CO)OC(=O)N1CCC2(CC1)CC2CNC(=O)c1cc2ccncc2o1. The van der Waals surface area contributed by atoms with Crippen molar-refractivity contribution in [2.45, 2.75) is 38.7 Å². The summed E-state index contributed by atoms with van der Waals surface area (Å²) in [5, 5.41) is 13.1. The Balaban J connectivity index is 1.25. The van der Waals surface area contributed by atoms with Crippen LogP contribution < -0.4 is 5.32 Å². The highest BCUT2D eigenvalue weighted by molar-refractivity contribution is 5.95. The predicted octanol–water partition coefficient (Wildman–Crippen LogP) is 2.57. The van der Waals surface area contributed by atoms with E-state index in [0.29, 0.717) is 36.9 Å². The van der Waals surface area contributed by atoms with Gasteiger partial charge in [0.2, 0.25) is 0 Å². The van der Waals surface area contributed by atoms with Crippen LogP contribution in [0.1, 0.15) is 43.7 Å². The molecule has 0 bridgehead atoms. The number of hydrogen-bond acceptors (Lipinski definition) is 6. The number of pyridine rings is 1. The second-order valence-electron chi connectivity index (χ2n) is 8.77. The van der Waals surface area contributed by atoms with Crippen LogP contribution in [-0.2, 0) is 4.74 Å². The second-order valence-corrected chi connectivity index (χ2v) is 8.77. The summed E-state index contributed by atoms with van der Waals surface area (Å²) < 4.78 is 10.9. The van der Waals surface area contributed by atoms with Gasteiger partial charge in [-0.25, -0.2) is 4.79 Å². The van der Waals surface area contributed by atoms with Crippen LogP contribution in [0.25, 0.3) is 11.0 Å². The molecular weight excluding hydrogens is 374 g/mol. The summed E-state index contributed by atoms with van der Waals surface area (Å²) in [6.45, 7) is 5.06. The third-order valence-electron chi connectivity index (χ3n) is 6.18. The van der Waals surface area contributed by atoms with Crippen molar-refractivity contribution < 1.29 is 23.8 Å². The van der Waals surface area contributed by atoms with E-state index >= 15 is 0 Å². The molecule has 29 heavy (non-hydrogen) atoms. The Morgan fingerprint density at radius 3 is 2.86 bits per heavy atom. The molecule has 2 amide bonds. The van der Waals surface area contributed by atoms with E-state index in [2.05, 4.69) is 10.3 Å². The molecule has 1 saturated carbocycles. The van der Waals surface area contributed by atoms with Crippen molar-refractivity contribution in [3.05, 3.63) is 30.3 Å². The maximum atomic E-state index is 12.4. The Hall–Kier alpha value is -2.61. The van der Waals surface area contributed by atoms with Crippen molar-refractivity contribution in [2.75, 3.05) is 26.2 Å². The third kappa shape index (κ3) is 4.07. The number of carbonyl (C=O) groups is 2. The Morgan fingerprint density at radius 1 is 1.41 bits per heavy atom. The van der Waals surface area contributed by atoms with Gasteiger partial charge in [0.05, 0.1) is 12.8 Å². The van der Waals surface area contributed by atoms with Crippen molar-refractivity contribution in [3.63, 3.8) is 0 Å². The highest BCUT2D eigenvalue weighted by Crippen LogP contribution is 2.59. The van der Waals surface area contributed by atoms with Crippen LogP contribution in [0.4, 0.5) is 4.79 Å². The summed E-state index contributed by atoms with van der Waals surface area (Å²) in [6.07, 6.45) is 5.76. The van der Waals surface area contributed by atoms with Gasteiger partial charge in [-0.05, 0) is 56.6 Å². The number of aliphatic hydroxyl groups excluding tert-OH is 1. The average molecular weight is 401 g/mol. The van der Waals surface area contributed by atoms with Gasteiger partial charge < -0.3 is 24.5 Å². The lowest BCUT2D eigenvalue weighted by Crippen LogP contribution is -2.44. The summed E-state index contributed by atoms with van der Waals surface area (Å²) in [5.41, 5.74) is -0.0659. The monoisotopic (exact) mass is 401 g/mol.